The molecular formula is C20H26N2O2. The maximum atomic E-state index is 12.2. The van der Waals surface area contributed by atoms with Crippen molar-refractivity contribution < 1.29 is 9.53 Å². The third-order valence-electron chi connectivity index (χ3n) is 5.20. The largest absolute Gasteiger partial charge is 0.359 e. The average Bonchev–Trinajstić information content (AvgIpc) is 2.60. The average molecular weight is 326 g/mol. The van der Waals surface area contributed by atoms with Gasteiger partial charge in [-0.05, 0) is 24.8 Å². The van der Waals surface area contributed by atoms with E-state index in [4.69, 9.17) is 11.2 Å². The number of likely N-dealkylation sites (tertiary alicyclic amines) is 1. The Morgan fingerprint density at radius 3 is 2.67 bits per heavy atom. The Morgan fingerprint density at radius 1 is 1.29 bits per heavy atom. The monoisotopic (exact) mass is 326 g/mol. The molecule has 0 unspecified atom stereocenters. The Kier molecular flexibility index (Phi) is 5.23. The van der Waals surface area contributed by atoms with Crippen LogP contribution in [0.4, 0.5) is 0 Å². The van der Waals surface area contributed by atoms with Crippen molar-refractivity contribution in [2.45, 2.75) is 37.4 Å². The molecule has 0 bridgehead atoms. The fourth-order valence-corrected chi connectivity index (χ4v) is 3.77. The highest BCUT2D eigenvalue weighted by molar-refractivity contribution is 5.81. The Labute approximate surface area is 144 Å². The van der Waals surface area contributed by atoms with Crippen LogP contribution in [0.2, 0.25) is 0 Å². The van der Waals surface area contributed by atoms with Crippen molar-refractivity contribution in [1.29, 1.82) is 0 Å². The third kappa shape index (κ3) is 3.80. The van der Waals surface area contributed by atoms with Crippen LogP contribution in [0.1, 0.15) is 24.8 Å². The SMILES string of the molecule is C#CC[C@H]1OC2(CCN(CCc3ccccc3)CC2)CN(C)C1=O. The first-order chi connectivity index (χ1) is 11.6. The number of ether oxygens (including phenoxy) is 1. The molecule has 0 aromatic heterocycles. The zero-order valence-corrected chi connectivity index (χ0v) is 14.4. The molecule has 4 heteroatoms. The predicted octanol–water partition coefficient (Wildman–Crippen LogP) is 1.94. The van der Waals surface area contributed by atoms with Crippen LogP contribution >= 0.6 is 0 Å². The van der Waals surface area contributed by atoms with Crippen molar-refractivity contribution >= 4 is 5.91 Å². The lowest BCUT2D eigenvalue weighted by atomic mass is 9.88. The first-order valence-electron chi connectivity index (χ1n) is 8.74. The van der Waals surface area contributed by atoms with E-state index in [9.17, 15) is 4.79 Å². The molecule has 1 aromatic carbocycles. The minimum atomic E-state index is -0.468. The van der Waals surface area contributed by atoms with Crippen LogP contribution in [0, 0.1) is 12.3 Å². The smallest absolute Gasteiger partial charge is 0.252 e. The first kappa shape index (κ1) is 17.0. The highest BCUT2D eigenvalue weighted by Crippen LogP contribution is 2.33. The van der Waals surface area contributed by atoms with E-state index in [0.29, 0.717) is 13.0 Å². The van der Waals surface area contributed by atoms with E-state index >= 15 is 0 Å². The standard InChI is InChI=1S/C20H26N2O2/c1-3-7-18-19(23)21(2)16-20(24-18)11-14-22(15-12-20)13-10-17-8-5-4-6-9-17/h1,4-6,8-9,18H,7,10-16H2,2H3/t18-/m1/s1. The van der Waals surface area contributed by atoms with Crippen molar-refractivity contribution in [2.75, 3.05) is 33.2 Å². The van der Waals surface area contributed by atoms with Gasteiger partial charge in [0.15, 0.2) is 0 Å². The number of terminal acetylenes is 1. The Bertz CT molecular complexity index is 600. The molecule has 1 amide bonds. The lowest BCUT2D eigenvalue weighted by Gasteiger charge is -2.48. The summed E-state index contributed by atoms with van der Waals surface area (Å²) in [6, 6.07) is 10.6. The highest BCUT2D eigenvalue weighted by atomic mass is 16.5. The molecule has 2 heterocycles. The lowest BCUT2D eigenvalue weighted by molar-refractivity contribution is -0.189. The molecule has 24 heavy (non-hydrogen) atoms. The first-order valence-corrected chi connectivity index (χ1v) is 8.74. The van der Waals surface area contributed by atoms with E-state index in [1.54, 1.807) is 4.90 Å². The molecule has 0 saturated carbocycles. The Hall–Kier alpha value is -1.83. The van der Waals surface area contributed by atoms with Gasteiger partial charge >= 0.3 is 0 Å². The molecule has 128 valence electrons. The quantitative estimate of drug-likeness (QED) is 0.793. The number of hydrogen-bond donors (Lipinski definition) is 0. The van der Waals surface area contributed by atoms with Gasteiger partial charge in [0.25, 0.3) is 5.91 Å². The fourth-order valence-electron chi connectivity index (χ4n) is 3.77. The summed E-state index contributed by atoms with van der Waals surface area (Å²) in [4.78, 5) is 16.5. The second-order valence-corrected chi connectivity index (χ2v) is 6.97. The van der Waals surface area contributed by atoms with Gasteiger partial charge in [0.2, 0.25) is 0 Å². The molecule has 1 spiro atoms. The maximum Gasteiger partial charge on any atom is 0.252 e. The second-order valence-electron chi connectivity index (χ2n) is 6.97. The Morgan fingerprint density at radius 2 is 2.00 bits per heavy atom. The summed E-state index contributed by atoms with van der Waals surface area (Å²) < 4.78 is 6.19. The number of carbonyl (C=O) groups excluding carboxylic acids is 1. The van der Waals surface area contributed by atoms with E-state index in [1.807, 2.05) is 7.05 Å². The van der Waals surface area contributed by atoms with Crippen LogP contribution in [0.25, 0.3) is 0 Å². The van der Waals surface area contributed by atoms with Gasteiger partial charge in [-0.1, -0.05) is 30.3 Å². The number of amides is 1. The molecular weight excluding hydrogens is 300 g/mol. The van der Waals surface area contributed by atoms with Crippen LogP contribution in [0.15, 0.2) is 30.3 Å². The molecule has 2 fully saturated rings. The topological polar surface area (TPSA) is 32.8 Å². The minimum Gasteiger partial charge on any atom is -0.359 e. The fraction of sp³-hybridized carbons (Fsp3) is 0.550. The van der Waals surface area contributed by atoms with E-state index in [2.05, 4.69) is 41.2 Å². The molecule has 4 nitrogen and oxygen atoms in total. The van der Waals surface area contributed by atoms with Crippen molar-refractivity contribution in [2.24, 2.45) is 0 Å². The van der Waals surface area contributed by atoms with Crippen LogP contribution in [-0.2, 0) is 16.0 Å². The molecule has 0 radical (unpaired) electrons. The summed E-state index contributed by atoms with van der Waals surface area (Å²) in [6.07, 6.45) is 8.28. The Balaban J connectivity index is 1.54. The zero-order valence-electron chi connectivity index (χ0n) is 14.4. The van der Waals surface area contributed by atoms with Gasteiger partial charge in [0, 0.05) is 39.6 Å². The predicted molar refractivity (Wildman–Crippen MR) is 94.5 cm³/mol. The van der Waals surface area contributed by atoms with E-state index < -0.39 is 6.10 Å². The lowest BCUT2D eigenvalue weighted by Crippen LogP contribution is -2.60. The number of rotatable bonds is 4. The minimum absolute atomic E-state index is 0.0186. The van der Waals surface area contributed by atoms with Crippen LogP contribution in [-0.4, -0.2) is 60.6 Å². The summed E-state index contributed by atoms with van der Waals surface area (Å²) in [5.74, 6) is 2.59. The molecule has 1 aromatic rings. The van der Waals surface area contributed by atoms with E-state index in [0.717, 1.165) is 38.9 Å². The molecule has 2 saturated heterocycles. The normalized spacial score (nSPS) is 24.1. The van der Waals surface area contributed by atoms with Gasteiger partial charge < -0.3 is 14.5 Å². The highest BCUT2D eigenvalue weighted by Gasteiger charge is 2.45. The van der Waals surface area contributed by atoms with E-state index in [-0.39, 0.29) is 11.5 Å². The van der Waals surface area contributed by atoms with Crippen molar-refractivity contribution in [3.05, 3.63) is 35.9 Å². The summed E-state index contributed by atoms with van der Waals surface area (Å²) >= 11 is 0. The number of carbonyl (C=O) groups is 1. The number of benzene rings is 1. The molecule has 2 aliphatic rings. The number of likely N-dealkylation sites (N-methyl/N-ethyl adjacent to an activating group) is 1. The van der Waals surface area contributed by atoms with Gasteiger partial charge in [-0.15, -0.1) is 12.3 Å². The molecule has 1 atom stereocenters. The van der Waals surface area contributed by atoms with E-state index in [1.165, 1.54) is 5.56 Å². The van der Waals surface area contributed by atoms with Gasteiger partial charge in [-0.3, -0.25) is 4.79 Å². The maximum absolute atomic E-state index is 12.2. The van der Waals surface area contributed by atoms with Gasteiger partial charge in [-0.25, -0.2) is 0 Å². The summed E-state index contributed by atoms with van der Waals surface area (Å²) in [5.41, 5.74) is 1.17. The number of hydrogen-bond acceptors (Lipinski definition) is 3. The van der Waals surface area contributed by atoms with Gasteiger partial charge in [0.1, 0.15) is 6.10 Å². The summed E-state index contributed by atoms with van der Waals surface area (Å²) in [6.45, 7) is 3.78. The third-order valence-corrected chi connectivity index (χ3v) is 5.20. The zero-order chi connectivity index (χ0) is 17.0. The van der Waals surface area contributed by atoms with Crippen LogP contribution < -0.4 is 0 Å². The molecule has 0 aliphatic carbocycles. The number of piperidine rings is 1. The van der Waals surface area contributed by atoms with Gasteiger partial charge in [0.05, 0.1) is 5.60 Å². The molecule has 2 aliphatic heterocycles. The van der Waals surface area contributed by atoms with Crippen LogP contribution in [0.5, 0.6) is 0 Å². The van der Waals surface area contributed by atoms with Crippen molar-refractivity contribution in [3.63, 3.8) is 0 Å². The van der Waals surface area contributed by atoms with Crippen molar-refractivity contribution in [1.82, 2.24) is 9.80 Å². The summed E-state index contributed by atoms with van der Waals surface area (Å²) in [7, 11) is 1.86. The molecule has 0 N–H and O–H groups in total. The summed E-state index contributed by atoms with van der Waals surface area (Å²) in [5, 5.41) is 0. The van der Waals surface area contributed by atoms with Gasteiger partial charge in [-0.2, -0.15) is 0 Å². The molecule has 3 rings (SSSR count). The van der Waals surface area contributed by atoms with Crippen molar-refractivity contribution in [3.8, 4) is 12.3 Å². The van der Waals surface area contributed by atoms with Crippen LogP contribution in [0.3, 0.4) is 0 Å². The second kappa shape index (κ2) is 7.38. The number of nitrogens with zero attached hydrogens (tertiary/aromatic N) is 2. The number of morpholine rings is 1.